The van der Waals surface area contributed by atoms with Crippen LogP contribution in [-0.4, -0.2) is 24.4 Å². The normalized spacial score (nSPS) is 14.7. The number of ether oxygens (including phenoxy) is 2. The van der Waals surface area contributed by atoms with Gasteiger partial charge >= 0.3 is 0 Å². The van der Waals surface area contributed by atoms with Crippen LogP contribution in [0.4, 0.5) is 0 Å². The van der Waals surface area contributed by atoms with E-state index in [0.717, 1.165) is 11.3 Å². The van der Waals surface area contributed by atoms with Crippen LogP contribution in [0.2, 0.25) is 0 Å². The molecule has 0 radical (unpaired) electrons. The zero-order chi connectivity index (χ0) is 12.9. The molecule has 0 spiro atoms. The standard InChI is InChI=1S/C14H22O3/c1-11(2)14(3,15)10-17-13-7-5-6-12(8-13)9-16-4/h5-8,11,15H,9-10H2,1-4H3. The van der Waals surface area contributed by atoms with E-state index in [1.54, 1.807) is 14.0 Å². The highest BCUT2D eigenvalue weighted by Gasteiger charge is 2.25. The molecule has 0 aliphatic rings. The molecular formula is C14H22O3. The fourth-order valence-electron chi connectivity index (χ4n) is 1.29. The Morgan fingerprint density at radius 1 is 1.35 bits per heavy atom. The first kappa shape index (κ1) is 14.0. The molecule has 0 saturated heterocycles. The first-order valence-corrected chi connectivity index (χ1v) is 5.89. The van der Waals surface area contributed by atoms with E-state index in [1.165, 1.54) is 0 Å². The van der Waals surface area contributed by atoms with Crippen molar-refractivity contribution < 1.29 is 14.6 Å². The van der Waals surface area contributed by atoms with Crippen LogP contribution >= 0.6 is 0 Å². The van der Waals surface area contributed by atoms with Crippen LogP contribution < -0.4 is 4.74 Å². The molecule has 0 fully saturated rings. The minimum Gasteiger partial charge on any atom is -0.491 e. The second-order valence-electron chi connectivity index (χ2n) is 4.88. The van der Waals surface area contributed by atoms with E-state index in [9.17, 15) is 5.11 Å². The molecule has 3 heteroatoms. The van der Waals surface area contributed by atoms with Gasteiger partial charge in [0.2, 0.25) is 0 Å². The topological polar surface area (TPSA) is 38.7 Å². The molecule has 1 N–H and O–H groups in total. The lowest BCUT2D eigenvalue weighted by Crippen LogP contribution is -2.37. The van der Waals surface area contributed by atoms with Gasteiger partial charge in [0.25, 0.3) is 0 Å². The Hall–Kier alpha value is -1.06. The minimum atomic E-state index is -0.808. The molecule has 1 atom stereocenters. The third-order valence-electron chi connectivity index (χ3n) is 2.98. The monoisotopic (exact) mass is 238 g/mol. The van der Waals surface area contributed by atoms with E-state index in [-0.39, 0.29) is 5.92 Å². The van der Waals surface area contributed by atoms with Crippen molar-refractivity contribution >= 4 is 0 Å². The Morgan fingerprint density at radius 2 is 2.06 bits per heavy atom. The molecule has 0 heterocycles. The summed E-state index contributed by atoms with van der Waals surface area (Å²) in [5.74, 6) is 0.921. The lowest BCUT2D eigenvalue weighted by atomic mass is 9.94. The minimum absolute atomic E-state index is 0.157. The maximum atomic E-state index is 10.1. The first-order chi connectivity index (χ1) is 7.95. The van der Waals surface area contributed by atoms with Crippen LogP contribution in [0.1, 0.15) is 26.3 Å². The summed E-state index contributed by atoms with van der Waals surface area (Å²) >= 11 is 0. The van der Waals surface area contributed by atoms with Gasteiger partial charge in [-0.1, -0.05) is 26.0 Å². The molecule has 0 bridgehead atoms. The van der Waals surface area contributed by atoms with Gasteiger partial charge < -0.3 is 14.6 Å². The Morgan fingerprint density at radius 3 is 2.65 bits per heavy atom. The van der Waals surface area contributed by atoms with Gasteiger partial charge in [0.05, 0.1) is 12.2 Å². The molecule has 1 aromatic rings. The fraction of sp³-hybridized carbons (Fsp3) is 0.571. The highest BCUT2D eigenvalue weighted by molar-refractivity contribution is 5.28. The lowest BCUT2D eigenvalue weighted by Gasteiger charge is -2.27. The molecule has 0 aliphatic carbocycles. The summed E-state index contributed by atoms with van der Waals surface area (Å²) in [6.45, 7) is 6.60. The van der Waals surface area contributed by atoms with Gasteiger partial charge in [0.15, 0.2) is 0 Å². The van der Waals surface area contributed by atoms with Crippen molar-refractivity contribution in [2.45, 2.75) is 33.0 Å². The Bertz CT molecular complexity index is 345. The fourth-order valence-corrected chi connectivity index (χ4v) is 1.29. The van der Waals surface area contributed by atoms with Crippen molar-refractivity contribution in [3.05, 3.63) is 29.8 Å². The van der Waals surface area contributed by atoms with Gasteiger partial charge in [-0.25, -0.2) is 0 Å². The van der Waals surface area contributed by atoms with E-state index >= 15 is 0 Å². The van der Waals surface area contributed by atoms with Crippen molar-refractivity contribution in [2.24, 2.45) is 5.92 Å². The second kappa shape index (κ2) is 6.03. The molecule has 1 unspecified atom stereocenters. The zero-order valence-electron chi connectivity index (χ0n) is 11.1. The number of aliphatic hydroxyl groups is 1. The highest BCUT2D eigenvalue weighted by Crippen LogP contribution is 2.20. The number of methoxy groups -OCH3 is 1. The SMILES string of the molecule is COCc1cccc(OCC(C)(O)C(C)C)c1. The van der Waals surface area contributed by atoms with Crippen LogP contribution in [0.5, 0.6) is 5.75 Å². The van der Waals surface area contributed by atoms with E-state index in [1.807, 2.05) is 38.1 Å². The summed E-state index contributed by atoms with van der Waals surface area (Å²) < 4.78 is 10.7. The molecule has 96 valence electrons. The largest absolute Gasteiger partial charge is 0.491 e. The third-order valence-corrected chi connectivity index (χ3v) is 2.98. The van der Waals surface area contributed by atoms with Gasteiger partial charge in [-0.05, 0) is 30.5 Å². The van der Waals surface area contributed by atoms with E-state index in [0.29, 0.717) is 13.2 Å². The summed E-state index contributed by atoms with van der Waals surface area (Å²) in [6, 6.07) is 7.72. The zero-order valence-corrected chi connectivity index (χ0v) is 11.1. The summed E-state index contributed by atoms with van der Waals surface area (Å²) in [7, 11) is 1.66. The highest BCUT2D eigenvalue weighted by atomic mass is 16.5. The predicted molar refractivity (Wildman–Crippen MR) is 68.1 cm³/mol. The van der Waals surface area contributed by atoms with Crippen LogP contribution in [0.25, 0.3) is 0 Å². The molecule has 3 nitrogen and oxygen atoms in total. The summed E-state index contributed by atoms with van der Waals surface area (Å²) in [5.41, 5.74) is 0.256. The predicted octanol–water partition coefficient (Wildman–Crippen LogP) is 2.62. The first-order valence-electron chi connectivity index (χ1n) is 5.89. The molecule has 0 amide bonds. The molecule has 0 saturated carbocycles. The number of rotatable bonds is 6. The summed E-state index contributed by atoms with van der Waals surface area (Å²) in [4.78, 5) is 0. The van der Waals surface area contributed by atoms with Gasteiger partial charge in [-0.2, -0.15) is 0 Å². The maximum absolute atomic E-state index is 10.1. The van der Waals surface area contributed by atoms with Crippen LogP contribution in [-0.2, 0) is 11.3 Å². The second-order valence-corrected chi connectivity index (χ2v) is 4.88. The maximum Gasteiger partial charge on any atom is 0.119 e. The summed E-state index contributed by atoms with van der Waals surface area (Å²) in [6.07, 6.45) is 0. The average molecular weight is 238 g/mol. The molecule has 1 rings (SSSR count). The number of hydrogen-bond acceptors (Lipinski definition) is 3. The van der Waals surface area contributed by atoms with E-state index in [2.05, 4.69) is 0 Å². The molecule has 1 aromatic carbocycles. The Balaban J connectivity index is 2.60. The van der Waals surface area contributed by atoms with Gasteiger partial charge in [0, 0.05) is 7.11 Å². The third kappa shape index (κ3) is 4.36. The quantitative estimate of drug-likeness (QED) is 0.828. The van der Waals surface area contributed by atoms with Crippen molar-refractivity contribution in [1.82, 2.24) is 0 Å². The molecule has 0 aliphatic heterocycles. The van der Waals surface area contributed by atoms with E-state index in [4.69, 9.17) is 9.47 Å². The Kier molecular flexibility index (Phi) is 4.97. The molecule has 0 aromatic heterocycles. The number of benzene rings is 1. The number of hydrogen-bond donors (Lipinski definition) is 1. The van der Waals surface area contributed by atoms with E-state index < -0.39 is 5.60 Å². The van der Waals surface area contributed by atoms with Crippen molar-refractivity contribution in [3.8, 4) is 5.75 Å². The van der Waals surface area contributed by atoms with Crippen LogP contribution in [0.15, 0.2) is 24.3 Å². The van der Waals surface area contributed by atoms with Gasteiger partial charge in [0.1, 0.15) is 12.4 Å². The van der Waals surface area contributed by atoms with Crippen molar-refractivity contribution in [1.29, 1.82) is 0 Å². The average Bonchev–Trinajstić information content (AvgIpc) is 2.27. The van der Waals surface area contributed by atoms with Crippen molar-refractivity contribution in [3.63, 3.8) is 0 Å². The molecule has 17 heavy (non-hydrogen) atoms. The molecular weight excluding hydrogens is 216 g/mol. The lowest BCUT2D eigenvalue weighted by molar-refractivity contribution is -0.0266. The van der Waals surface area contributed by atoms with Gasteiger partial charge in [-0.3, -0.25) is 0 Å². The smallest absolute Gasteiger partial charge is 0.119 e. The van der Waals surface area contributed by atoms with Crippen LogP contribution in [0.3, 0.4) is 0 Å². The van der Waals surface area contributed by atoms with Crippen LogP contribution in [0, 0.1) is 5.92 Å². The summed E-state index contributed by atoms with van der Waals surface area (Å²) in [5, 5.41) is 10.1. The Labute approximate surface area is 103 Å². The van der Waals surface area contributed by atoms with Gasteiger partial charge in [-0.15, -0.1) is 0 Å². The van der Waals surface area contributed by atoms with Crippen molar-refractivity contribution in [2.75, 3.05) is 13.7 Å².